The van der Waals surface area contributed by atoms with E-state index in [0.717, 1.165) is 23.2 Å². The maximum Gasteiger partial charge on any atom is 0.296 e. The molecule has 2 aliphatic heterocycles. The molecule has 5 nitrogen and oxygen atoms in total. The Hall–Kier alpha value is -1.40. The number of amides is 1. The lowest BCUT2D eigenvalue weighted by Gasteiger charge is -2.37. The van der Waals surface area contributed by atoms with Crippen molar-refractivity contribution in [2.75, 3.05) is 23.3 Å². The molecule has 1 amide bonds. The van der Waals surface area contributed by atoms with E-state index in [1.807, 2.05) is 19.9 Å². The molecule has 1 aromatic carbocycles. The number of Topliss-reactive ketones (excluding diaryl/α,β-unsaturated/α-hetero) is 1. The summed E-state index contributed by atoms with van der Waals surface area (Å²) in [6, 6.07) is 3.57. The van der Waals surface area contributed by atoms with E-state index in [-0.39, 0.29) is 12.2 Å². The van der Waals surface area contributed by atoms with Gasteiger partial charge in [-0.3, -0.25) is 9.59 Å². The van der Waals surface area contributed by atoms with Crippen LogP contribution in [-0.4, -0.2) is 37.0 Å². The molecule has 0 radical (unpaired) electrons. The standard InChI is InChI=1S/C14H15BrN2O3/c1-7-5-17(6-8(2)20-7)12-4-11-9(3-10(12)15)13(18)14(19)16-11/h3-4,7-8H,5-6H2,1-2H3,(H,16,18,19). The third-order valence-corrected chi connectivity index (χ3v) is 4.18. The van der Waals surface area contributed by atoms with Gasteiger partial charge in [0.25, 0.3) is 11.7 Å². The lowest BCUT2D eigenvalue weighted by Crippen LogP contribution is -2.45. The highest BCUT2D eigenvalue weighted by molar-refractivity contribution is 9.10. The topological polar surface area (TPSA) is 58.6 Å². The van der Waals surface area contributed by atoms with Crippen LogP contribution >= 0.6 is 15.9 Å². The molecule has 0 saturated carbocycles. The number of carbonyl (C=O) groups excluding carboxylic acids is 2. The quantitative estimate of drug-likeness (QED) is 0.797. The summed E-state index contributed by atoms with van der Waals surface area (Å²) < 4.78 is 6.55. The zero-order valence-corrected chi connectivity index (χ0v) is 12.9. The zero-order chi connectivity index (χ0) is 14.4. The van der Waals surface area contributed by atoms with Crippen molar-refractivity contribution in [1.82, 2.24) is 0 Å². The van der Waals surface area contributed by atoms with E-state index in [1.165, 1.54) is 0 Å². The average molecular weight is 339 g/mol. The number of benzene rings is 1. The van der Waals surface area contributed by atoms with Gasteiger partial charge in [-0.05, 0) is 41.9 Å². The molecule has 20 heavy (non-hydrogen) atoms. The van der Waals surface area contributed by atoms with Gasteiger partial charge in [-0.15, -0.1) is 0 Å². The van der Waals surface area contributed by atoms with E-state index in [4.69, 9.17) is 4.74 Å². The Labute approximate surface area is 125 Å². The second kappa shape index (κ2) is 4.86. The molecule has 2 atom stereocenters. The zero-order valence-electron chi connectivity index (χ0n) is 11.3. The van der Waals surface area contributed by atoms with E-state index in [9.17, 15) is 9.59 Å². The molecule has 0 aromatic heterocycles. The number of hydrogen-bond acceptors (Lipinski definition) is 4. The van der Waals surface area contributed by atoms with Crippen molar-refractivity contribution in [1.29, 1.82) is 0 Å². The monoisotopic (exact) mass is 338 g/mol. The predicted octanol–water partition coefficient (Wildman–Crippen LogP) is 2.20. The van der Waals surface area contributed by atoms with Gasteiger partial charge in [0.1, 0.15) is 0 Å². The van der Waals surface area contributed by atoms with E-state index in [0.29, 0.717) is 11.3 Å². The van der Waals surface area contributed by atoms with Gasteiger partial charge in [-0.2, -0.15) is 0 Å². The third kappa shape index (κ3) is 2.23. The summed E-state index contributed by atoms with van der Waals surface area (Å²) in [6.45, 7) is 5.64. The summed E-state index contributed by atoms with van der Waals surface area (Å²) >= 11 is 3.50. The first-order chi connectivity index (χ1) is 9.45. The molecule has 2 heterocycles. The number of morpholine rings is 1. The summed E-state index contributed by atoms with van der Waals surface area (Å²) in [4.78, 5) is 25.3. The lowest BCUT2D eigenvalue weighted by atomic mass is 10.1. The normalized spacial score (nSPS) is 25.6. The molecule has 3 rings (SSSR count). The Balaban J connectivity index is 1.97. The van der Waals surface area contributed by atoms with Gasteiger partial charge >= 0.3 is 0 Å². The Morgan fingerprint density at radius 1 is 1.25 bits per heavy atom. The van der Waals surface area contributed by atoms with E-state index in [1.54, 1.807) is 6.07 Å². The van der Waals surface area contributed by atoms with Gasteiger partial charge in [0.15, 0.2) is 0 Å². The number of nitrogens with one attached hydrogen (secondary N) is 1. The third-order valence-electron chi connectivity index (χ3n) is 3.55. The van der Waals surface area contributed by atoms with Crippen LogP contribution in [0.2, 0.25) is 0 Å². The van der Waals surface area contributed by atoms with Gasteiger partial charge in [0, 0.05) is 17.6 Å². The number of fused-ring (bicyclic) bond motifs is 1. The van der Waals surface area contributed by atoms with E-state index < -0.39 is 11.7 Å². The maximum absolute atomic E-state index is 11.7. The minimum atomic E-state index is -0.562. The van der Waals surface area contributed by atoms with Gasteiger partial charge in [-0.1, -0.05) is 0 Å². The molecule has 2 unspecified atom stereocenters. The summed E-state index contributed by atoms with van der Waals surface area (Å²) in [6.07, 6.45) is 0.297. The fraction of sp³-hybridized carbons (Fsp3) is 0.429. The summed E-state index contributed by atoms with van der Waals surface area (Å²) in [5, 5.41) is 2.61. The number of carbonyl (C=O) groups is 2. The Kier molecular flexibility index (Phi) is 3.30. The molecule has 1 fully saturated rings. The Morgan fingerprint density at radius 3 is 2.55 bits per heavy atom. The van der Waals surface area contributed by atoms with Crippen molar-refractivity contribution in [3.8, 4) is 0 Å². The van der Waals surface area contributed by atoms with Gasteiger partial charge in [-0.25, -0.2) is 0 Å². The highest BCUT2D eigenvalue weighted by Crippen LogP contribution is 2.36. The predicted molar refractivity (Wildman–Crippen MR) is 79.3 cm³/mol. The van der Waals surface area contributed by atoms with Crippen LogP contribution in [0.15, 0.2) is 16.6 Å². The summed E-state index contributed by atoms with van der Waals surface area (Å²) in [5.41, 5.74) is 1.99. The molecule has 0 bridgehead atoms. The molecular formula is C14H15BrN2O3. The highest BCUT2D eigenvalue weighted by Gasteiger charge is 2.31. The summed E-state index contributed by atoms with van der Waals surface area (Å²) in [7, 11) is 0. The van der Waals surface area contributed by atoms with Crippen LogP contribution in [0, 0.1) is 0 Å². The van der Waals surface area contributed by atoms with Crippen molar-refractivity contribution in [2.24, 2.45) is 0 Å². The van der Waals surface area contributed by atoms with Crippen LogP contribution in [0.5, 0.6) is 0 Å². The molecule has 1 saturated heterocycles. The van der Waals surface area contributed by atoms with Crippen LogP contribution in [0.25, 0.3) is 0 Å². The average Bonchev–Trinajstić information content (AvgIpc) is 2.63. The van der Waals surface area contributed by atoms with Crippen molar-refractivity contribution in [3.05, 3.63) is 22.2 Å². The summed E-state index contributed by atoms with van der Waals surface area (Å²) in [5.74, 6) is -1.04. The second-order valence-corrected chi connectivity index (χ2v) is 6.15. The molecule has 0 aliphatic carbocycles. The van der Waals surface area contributed by atoms with E-state index >= 15 is 0 Å². The minimum Gasteiger partial charge on any atom is -0.372 e. The molecule has 1 N–H and O–H groups in total. The first-order valence-corrected chi connectivity index (χ1v) is 7.34. The van der Waals surface area contributed by atoms with Gasteiger partial charge < -0.3 is 15.0 Å². The van der Waals surface area contributed by atoms with Crippen molar-refractivity contribution in [2.45, 2.75) is 26.1 Å². The van der Waals surface area contributed by atoms with Crippen LogP contribution in [-0.2, 0) is 9.53 Å². The number of anilines is 2. The van der Waals surface area contributed by atoms with E-state index in [2.05, 4.69) is 26.1 Å². The van der Waals surface area contributed by atoms with Crippen LogP contribution in [0.4, 0.5) is 11.4 Å². The molecule has 0 spiro atoms. The number of hydrogen-bond donors (Lipinski definition) is 1. The molecular weight excluding hydrogens is 324 g/mol. The highest BCUT2D eigenvalue weighted by atomic mass is 79.9. The molecule has 106 valence electrons. The van der Waals surface area contributed by atoms with Crippen molar-refractivity contribution in [3.63, 3.8) is 0 Å². The Morgan fingerprint density at radius 2 is 1.90 bits per heavy atom. The van der Waals surface area contributed by atoms with Crippen LogP contribution in [0.1, 0.15) is 24.2 Å². The van der Waals surface area contributed by atoms with Crippen molar-refractivity contribution >= 4 is 39.0 Å². The number of ether oxygens (including phenoxy) is 1. The largest absolute Gasteiger partial charge is 0.372 e. The smallest absolute Gasteiger partial charge is 0.296 e. The number of ketones is 1. The van der Waals surface area contributed by atoms with Gasteiger partial charge in [0.05, 0.1) is 29.1 Å². The number of nitrogens with zero attached hydrogens (tertiary/aromatic N) is 1. The fourth-order valence-corrected chi connectivity index (χ4v) is 3.37. The Bertz CT molecular complexity index is 592. The minimum absolute atomic E-state index is 0.148. The maximum atomic E-state index is 11.7. The van der Waals surface area contributed by atoms with Crippen LogP contribution < -0.4 is 10.2 Å². The molecule has 2 aliphatic rings. The van der Waals surface area contributed by atoms with Gasteiger partial charge in [0.2, 0.25) is 0 Å². The van der Waals surface area contributed by atoms with Crippen LogP contribution in [0.3, 0.4) is 0 Å². The first-order valence-electron chi connectivity index (χ1n) is 6.55. The number of rotatable bonds is 1. The van der Waals surface area contributed by atoms with Crippen molar-refractivity contribution < 1.29 is 14.3 Å². The lowest BCUT2D eigenvalue weighted by molar-refractivity contribution is -0.112. The second-order valence-electron chi connectivity index (χ2n) is 5.29. The number of halogens is 1. The molecule has 6 heteroatoms. The first kappa shape index (κ1) is 13.6. The molecule has 1 aromatic rings. The SMILES string of the molecule is CC1CN(c2cc3c(cc2Br)C(=O)C(=O)N3)CC(C)O1. The fourth-order valence-electron chi connectivity index (χ4n) is 2.77.